The zero-order valence-electron chi connectivity index (χ0n) is 30.1. The smallest absolute Gasteiger partial charge is 0.478 e. The minimum absolute atomic E-state index is 0.0473. The fourth-order valence-electron chi connectivity index (χ4n) is 6.18. The number of aliphatic carboxylic acids is 1. The van der Waals surface area contributed by atoms with Crippen molar-refractivity contribution in [2.45, 2.75) is 80.7 Å². The Morgan fingerprint density at radius 3 is 2.13 bits per heavy atom. The molecule has 12 nitrogen and oxygen atoms in total. The van der Waals surface area contributed by atoms with Gasteiger partial charge in [0.15, 0.2) is 12.5 Å². The Kier molecular flexibility index (Phi) is 13.3. The summed E-state index contributed by atoms with van der Waals surface area (Å²) < 4.78 is 156. The molecule has 1 N–H and O–H groups in total. The third kappa shape index (κ3) is 10.2. The summed E-state index contributed by atoms with van der Waals surface area (Å²) in [6.07, 6.45) is -14.8. The highest BCUT2D eigenvalue weighted by atomic mass is 35.5. The number of carbonyl (C=O) groups is 3. The largest absolute Gasteiger partial charge is 0.573 e. The molecule has 2 aromatic carbocycles. The first-order valence-electron chi connectivity index (χ1n) is 17.2. The normalized spacial score (nSPS) is 18.1. The predicted molar refractivity (Wildman–Crippen MR) is 186 cm³/mol. The Bertz CT molecular complexity index is 2160. The van der Waals surface area contributed by atoms with Crippen LogP contribution < -0.4 is 4.74 Å². The molecule has 1 amide bonds. The van der Waals surface area contributed by atoms with Crippen LogP contribution in [0.25, 0.3) is 16.8 Å². The van der Waals surface area contributed by atoms with Gasteiger partial charge >= 0.3 is 36.5 Å². The predicted octanol–water partition coefficient (Wildman–Crippen LogP) is 9.61. The second-order valence-corrected chi connectivity index (χ2v) is 14.2. The van der Waals surface area contributed by atoms with Crippen molar-refractivity contribution in [2.24, 2.45) is 0 Å². The van der Waals surface area contributed by atoms with Gasteiger partial charge in [-0.15, -0.1) is 13.2 Å². The summed E-state index contributed by atoms with van der Waals surface area (Å²) in [7, 11) is 0. The van der Waals surface area contributed by atoms with E-state index in [1.807, 2.05) is 6.07 Å². The van der Waals surface area contributed by atoms with Gasteiger partial charge in [0.1, 0.15) is 17.3 Å². The lowest BCUT2D eigenvalue weighted by atomic mass is 9.93. The van der Waals surface area contributed by atoms with Crippen molar-refractivity contribution in [3.63, 3.8) is 0 Å². The lowest BCUT2D eigenvalue weighted by molar-refractivity contribution is -0.348. The lowest BCUT2D eigenvalue weighted by Gasteiger charge is -2.31. The Balaban J connectivity index is 1.36. The van der Waals surface area contributed by atoms with Gasteiger partial charge in [-0.25, -0.2) is 18.7 Å². The average Bonchev–Trinajstić information content (AvgIpc) is 3.79. The second kappa shape index (κ2) is 17.4. The summed E-state index contributed by atoms with van der Waals surface area (Å²) in [6.45, 7) is -0.690. The summed E-state index contributed by atoms with van der Waals surface area (Å²) in [6, 6.07) is 5.02. The van der Waals surface area contributed by atoms with Crippen LogP contribution in [0.1, 0.15) is 54.4 Å². The lowest BCUT2D eigenvalue weighted by Crippen LogP contribution is -2.50. The Labute approximate surface area is 341 Å². The molecular weight excluding hydrogens is 877 g/mol. The fraction of sp³-hybridized carbons (Fsp3) is 0.417. The van der Waals surface area contributed by atoms with E-state index in [4.69, 9.17) is 42.5 Å². The van der Waals surface area contributed by atoms with Crippen molar-refractivity contribution in [1.29, 1.82) is 5.26 Å². The standard InChI is InChI=1S/C36H28Cl2F10N4O8/c37-25-8-3-19(20-15-50-52(16-20)29-26(38)13-21(14-27(29)60-36(46,47)48)33(39,34(40,41)42)35(43,44)45)12-24(25)30(55)51(32(17-49)9-10-32)18-58-31(56)59-23-6-4-22(5-7-23)57-11-1-2-28(53)54/h1-3,8,12-16,22-23H,4-7,9-11,18H2,(H,53,54)/b2-1+/t22-,23-. The summed E-state index contributed by atoms with van der Waals surface area (Å²) in [5, 5.41) is 20.9. The van der Waals surface area contributed by atoms with E-state index in [-0.39, 0.29) is 53.3 Å². The number of benzene rings is 2. The fourth-order valence-corrected chi connectivity index (χ4v) is 6.67. The first-order valence-corrected chi connectivity index (χ1v) is 18.0. The summed E-state index contributed by atoms with van der Waals surface area (Å²) in [4.78, 5) is 38.1. The van der Waals surface area contributed by atoms with E-state index in [1.165, 1.54) is 18.2 Å². The van der Waals surface area contributed by atoms with Gasteiger partial charge in [-0.3, -0.25) is 9.69 Å². The van der Waals surface area contributed by atoms with E-state index in [0.29, 0.717) is 30.4 Å². The zero-order chi connectivity index (χ0) is 44.4. The molecule has 324 valence electrons. The van der Waals surface area contributed by atoms with Crippen molar-refractivity contribution in [3.8, 4) is 28.6 Å². The third-order valence-corrected chi connectivity index (χ3v) is 9.97. The molecule has 3 aromatic rings. The zero-order valence-corrected chi connectivity index (χ0v) is 31.6. The highest BCUT2D eigenvalue weighted by molar-refractivity contribution is 6.34. The average molecular weight is 906 g/mol. The summed E-state index contributed by atoms with van der Waals surface area (Å²) in [5.74, 6) is -3.82. The SMILES string of the molecule is N#CC1(N(COC(=O)O[C@H]2CC[C@H](OC/C=C/C(=O)O)CC2)C(=O)c2cc(-c3cnn(-c4c(Cl)cc(C(F)(C(F)(F)F)C(F)(F)F)cc4OC(F)(F)F)c3)ccc2Cl)CC1. The van der Waals surface area contributed by atoms with Gasteiger partial charge in [0.05, 0.1) is 40.6 Å². The van der Waals surface area contributed by atoms with Crippen LogP contribution in [-0.4, -0.2) is 87.6 Å². The van der Waals surface area contributed by atoms with E-state index < -0.39 is 88.9 Å². The van der Waals surface area contributed by atoms with Crippen LogP contribution in [-0.2, 0) is 24.7 Å². The maximum Gasteiger partial charge on any atom is 0.573 e. The van der Waals surface area contributed by atoms with Gasteiger partial charge in [-0.2, -0.15) is 36.7 Å². The van der Waals surface area contributed by atoms with Crippen LogP contribution in [0, 0.1) is 11.3 Å². The molecule has 0 radical (unpaired) electrons. The first-order chi connectivity index (χ1) is 27.9. The topological polar surface area (TPSA) is 153 Å². The van der Waals surface area contributed by atoms with E-state index in [1.54, 1.807) is 0 Å². The highest BCUT2D eigenvalue weighted by Crippen LogP contribution is 2.55. The number of nitriles is 1. The van der Waals surface area contributed by atoms with Crippen molar-refractivity contribution < 1.29 is 82.3 Å². The Morgan fingerprint density at radius 1 is 0.933 bits per heavy atom. The number of carbonyl (C=O) groups excluding carboxylic acids is 2. The molecule has 24 heteroatoms. The molecule has 0 saturated heterocycles. The number of rotatable bonds is 13. The quantitative estimate of drug-likeness (QED) is 0.0760. The first kappa shape index (κ1) is 45.8. The van der Waals surface area contributed by atoms with Crippen molar-refractivity contribution in [1.82, 2.24) is 14.7 Å². The minimum Gasteiger partial charge on any atom is -0.478 e. The van der Waals surface area contributed by atoms with Gasteiger partial charge in [0.2, 0.25) is 0 Å². The highest BCUT2D eigenvalue weighted by Gasteiger charge is 2.73. The van der Waals surface area contributed by atoms with Gasteiger partial charge in [-0.05, 0) is 68.4 Å². The van der Waals surface area contributed by atoms with Crippen LogP contribution >= 0.6 is 23.2 Å². The molecule has 5 rings (SSSR count). The number of hydrogen-bond donors (Lipinski definition) is 1. The van der Waals surface area contributed by atoms with Crippen molar-refractivity contribution in [3.05, 3.63) is 76.0 Å². The molecule has 2 fully saturated rings. The Hall–Kier alpha value is -5.27. The van der Waals surface area contributed by atoms with E-state index >= 15 is 0 Å². The van der Waals surface area contributed by atoms with Gasteiger partial charge in [0.25, 0.3) is 5.91 Å². The minimum atomic E-state index is -6.70. The number of carboxylic acids is 1. The van der Waals surface area contributed by atoms with Crippen LogP contribution in [0.15, 0.2) is 54.9 Å². The third-order valence-electron chi connectivity index (χ3n) is 9.35. The van der Waals surface area contributed by atoms with Crippen molar-refractivity contribution >= 4 is 41.2 Å². The summed E-state index contributed by atoms with van der Waals surface area (Å²) in [5.41, 5.74) is -11.3. The maximum atomic E-state index is 14.9. The van der Waals surface area contributed by atoms with E-state index in [2.05, 4.69) is 9.84 Å². The summed E-state index contributed by atoms with van der Waals surface area (Å²) >= 11 is 12.3. The van der Waals surface area contributed by atoms with Crippen molar-refractivity contribution in [2.75, 3.05) is 13.3 Å². The second-order valence-electron chi connectivity index (χ2n) is 13.4. The number of aromatic nitrogens is 2. The molecule has 0 spiro atoms. The van der Waals surface area contributed by atoms with Gasteiger partial charge < -0.3 is 24.1 Å². The van der Waals surface area contributed by atoms with Gasteiger partial charge in [-0.1, -0.05) is 35.3 Å². The molecule has 1 aromatic heterocycles. The molecule has 0 aliphatic heterocycles. The number of carboxylic acid groups (broad SMARTS) is 1. The molecular formula is C36H28Cl2F10N4O8. The maximum absolute atomic E-state index is 14.9. The monoisotopic (exact) mass is 904 g/mol. The van der Waals surface area contributed by atoms with Crippen LogP contribution in [0.4, 0.5) is 48.7 Å². The Morgan fingerprint density at radius 2 is 1.57 bits per heavy atom. The van der Waals surface area contributed by atoms with E-state index in [0.717, 1.165) is 29.4 Å². The van der Waals surface area contributed by atoms with Crippen LogP contribution in [0.2, 0.25) is 10.0 Å². The number of ether oxygens (including phenoxy) is 4. The molecule has 60 heavy (non-hydrogen) atoms. The number of hydrogen-bond acceptors (Lipinski definition) is 9. The molecule has 2 aliphatic rings. The van der Waals surface area contributed by atoms with E-state index in [9.17, 15) is 63.5 Å². The molecule has 0 bridgehead atoms. The van der Waals surface area contributed by atoms with Crippen LogP contribution in [0.5, 0.6) is 5.75 Å². The number of amides is 1. The molecule has 0 unspecified atom stereocenters. The number of alkyl halides is 10. The molecule has 2 saturated carbocycles. The van der Waals surface area contributed by atoms with Crippen LogP contribution in [0.3, 0.4) is 0 Å². The molecule has 0 atom stereocenters. The number of halogens is 12. The number of nitrogens with zero attached hydrogens (tertiary/aromatic N) is 4. The molecule has 2 aliphatic carbocycles. The molecule has 1 heterocycles. The van der Waals surface area contributed by atoms with Gasteiger partial charge in [0, 0.05) is 23.4 Å².